The van der Waals surface area contributed by atoms with Gasteiger partial charge in [0.15, 0.2) is 0 Å². The first-order valence-electron chi connectivity index (χ1n) is 6.30. The average Bonchev–Trinajstić information content (AvgIpc) is 2.37. The topological polar surface area (TPSA) is 29.5 Å². The zero-order chi connectivity index (χ0) is 13.2. The highest BCUT2D eigenvalue weighted by molar-refractivity contribution is 7.99. The molecule has 1 atom stereocenters. The fourth-order valence-corrected chi connectivity index (χ4v) is 2.56. The van der Waals surface area contributed by atoms with Crippen LogP contribution in [0.15, 0.2) is 24.3 Å². The summed E-state index contributed by atoms with van der Waals surface area (Å²) in [5, 5.41) is 10.4. The molecule has 4 heteroatoms. The van der Waals surface area contributed by atoms with Crippen molar-refractivity contribution >= 4 is 23.4 Å². The molecule has 18 heavy (non-hydrogen) atoms. The molecule has 1 aromatic rings. The standard InChI is InChI=1S/C14H21ClO2S/c1-2-3-8-18-11-14(16)10-17-9-12-4-6-13(15)7-5-12/h4-7,14,16H,2-3,8-11H2,1H3. The normalized spacial score (nSPS) is 12.6. The van der Waals surface area contributed by atoms with Crippen molar-refractivity contribution in [3.8, 4) is 0 Å². The molecule has 0 spiro atoms. The maximum absolute atomic E-state index is 9.70. The third-order valence-corrected chi connectivity index (χ3v) is 3.89. The highest BCUT2D eigenvalue weighted by Gasteiger charge is 2.04. The zero-order valence-corrected chi connectivity index (χ0v) is 12.3. The number of benzene rings is 1. The van der Waals surface area contributed by atoms with Gasteiger partial charge in [0.1, 0.15) is 0 Å². The van der Waals surface area contributed by atoms with E-state index in [0.717, 1.165) is 22.1 Å². The van der Waals surface area contributed by atoms with Gasteiger partial charge in [0.05, 0.1) is 19.3 Å². The average molecular weight is 289 g/mol. The van der Waals surface area contributed by atoms with Gasteiger partial charge in [0.2, 0.25) is 0 Å². The number of aliphatic hydroxyl groups is 1. The highest BCUT2D eigenvalue weighted by atomic mass is 35.5. The van der Waals surface area contributed by atoms with Crippen LogP contribution in [0.1, 0.15) is 25.3 Å². The van der Waals surface area contributed by atoms with Gasteiger partial charge in [0.25, 0.3) is 0 Å². The number of thioether (sulfide) groups is 1. The van der Waals surface area contributed by atoms with E-state index in [4.69, 9.17) is 16.3 Å². The van der Waals surface area contributed by atoms with Crippen LogP contribution in [-0.2, 0) is 11.3 Å². The third kappa shape index (κ3) is 7.27. The molecule has 1 rings (SSSR count). The molecule has 102 valence electrons. The van der Waals surface area contributed by atoms with E-state index in [1.165, 1.54) is 12.8 Å². The minimum Gasteiger partial charge on any atom is -0.390 e. The fourth-order valence-electron chi connectivity index (χ4n) is 1.41. The van der Waals surface area contributed by atoms with Crippen molar-refractivity contribution in [3.05, 3.63) is 34.9 Å². The predicted octanol–water partition coefficient (Wildman–Crippen LogP) is 3.75. The summed E-state index contributed by atoms with van der Waals surface area (Å²) in [5.41, 5.74) is 1.07. The maximum atomic E-state index is 9.70. The number of hydrogen-bond donors (Lipinski definition) is 1. The first-order valence-corrected chi connectivity index (χ1v) is 7.83. The van der Waals surface area contributed by atoms with Crippen molar-refractivity contribution in [2.24, 2.45) is 0 Å². The summed E-state index contributed by atoms with van der Waals surface area (Å²) < 4.78 is 5.47. The Morgan fingerprint density at radius 3 is 2.72 bits per heavy atom. The van der Waals surface area contributed by atoms with Crippen LogP contribution in [0.3, 0.4) is 0 Å². The van der Waals surface area contributed by atoms with Gasteiger partial charge in [-0.1, -0.05) is 37.1 Å². The van der Waals surface area contributed by atoms with Gasteiger partial charge in [0, 0.05) is 10.8 Å². The third-order valence-electron chi connectivity index (χ3n) is 2.44. The van der Waals surface area contributed by atoms with Crippen LogP contribution in [0.5, 0.6) is 0 Å². The van der Waals surface area contributed by atoms with Gasteiger partial charge in [-0.25, -0.2) is 0 Å². The van der Waals surface area contributed by atoms with Crippen LogP contribution < -0.4 is 0 Å². The predicted molar refractivity (Wildman–Crippen MR) is 79.3 cm³/mol. The molecule has 0 amide bonds. The number of hydrogen-bond acceptors (Lipinski definition) is 3. The van der Waals surface area contributed by atoms with Gasteiger partial charge in [-0.15, -0.1) is 0 Å². The summed E-state index contributed by atoms with van der Waals surface area (Å²) in [6, 6.07) is 7.56. The molecule has 0 radical (unpaired) electrons. The lowest BCUT2D eigenvalue weighted by molar-refractivity contribution is 0.0398. The van der Waals surface area contributed by atoms with Crippen LogP contribution in [0.4, 0.5) is 0 Å². The molecular formula is C14H21ClO2S. The van der Waals surface area contributed by atoms with E-state index >= 15 is 0 Å². The minimum atomic E-state index is -0.376. The number of unbranched alkanes of at least 4 members (excludes halogenated alkanes) is 1. The summed E-state index contributed by atoms with van der Waals surface area (Å²) in [6.07, 6.45) is 2.04. The quantitative estimate of drug-likeness (QED) is 0.702. The highest BCUT2D eigenvalue weighted by Crippen LogP contribution is 2.11. The SMILES string of the molecule is CCCCSCC(O)COCc1ccc(Cl)cc1. The lowest BCUT2D eigenvalue weighted by Crippen LogP contribution is -2.18. The van der Waals surface area contributed by atoms with Crippen LogP contribution in [0.2, 0.25) is 5.02 Å². The Morgan fingerprint density at radius 1 is 1.33 bits per heavy atom. The van der Waals surface area contributed by atoms with Crippen LogP contribution in [0, 0.1) is 0 Å². The van der Waals surface area contributed by atoms with Gasteiger partial charge in [-0.3, -0.25) is 0 Å². The van der Waals surface area contributed by atoms with Gasteiger partial charge in [-0.05, 0) is 29.9 Å². The second-order valence-corrected chi connectivity index (χ2v) is 5.81. The van der Waals surface area contributed by atoms with Crippen molar-refractivity contribution < 1.29 is 9.84 Å². The summed E-state index contributed by atoms with van der Waals surface area (Å²) in [7, 11) is 0. The summed E-state index contributed by atoms with van der Waals surface area (Å²) in [6.45, 7) is 3.09. The van der Waals surface area contributed by atoms with E-state index < -0.39 is 0 Å². The lowest BCUT2D eigenvalue weighted by Gasteiger charge is -2.11. The van der Waals surface area contributed by atoms with E-state index in [-0.39, 0.29) is 6.10 Å². The summed E-state index contributed by atoms with van der Waals surface area (Å²) >= 11 is 7.58. The molecule has 0 saturated heterocycles. The Hall–Kier alpha value is -0.220. The number of rotatable bonds is 9. The molecule has 0 bridgehead atoms. The van der Waals surface area contributed by atoms with E-state index in [2.05, 4.69) is 6.92 Å². The zero-order valence-electron chi connectivity index (χ0n) is 10.8. The number of aliphatic hydroxyl groups excluding tert-OH is 1. The van der Waals surface area contributed by atoms with Crippen molar-refractivity contribution in [1.82, 2.24) is 0 Å². The van der Waals surface area contributed by atoms with Gasteiger partial charge >= 0.3 is 0 Å². The minimum absolute atomic E-state index is 0.376. The molecule has 0 aromatic heterocycles. The largest absolute Gasteiger partial charge is 0.390 e. The van der Waals surface area contributed by atoms with Crippen molar-refractivity contribution in [1.29, 1.82) is 0 Å². The number of ether oxygens (including phenoxy) is 1. The molecule has 0 fully saturated rings. The summed E-state index contributed by atoms with van der Waals surface area (Å²) in [4.78, 5) is 0. The molecule has 0 saturated carbocycles. The van der Waals surface area contributed by atoms with Crippen LogP contribution in [-0.4, -0.2) is 29.3 Å². The molecule has 1 N–H and O–H groups in total. The van der Waals surface area contributed by atoms with E-state index in [9.17, 15) is 5.11 Å². The molecule has 0 aliphatic heterocycles. The molecule has 1 aromatic carbocycles. The van der Waals surface area contributed by atoms with Gasteiger partial charge < -0.3 is 9.84 Å². The van der Waals surface area contributed by atoms with E-state index in [1.54, 1.807) is 11.8 Å². The Balaban J connectivity index is 2.07. The molecule has 0 aliphatic rings. The fraction of sp³-hybridized carbons (Fsp3) is 0.571. The summed E-state index contributed by atoms with van der Waals surface area (Å²) in [5.74, 6) is 1.87. The lowest BCUT2D eigenvalue weighted by atomic mass is 10.2. The Kier molecular flexibility index (Phi) is 8.51. The van der Waals surface area contributed by atoms with Crippen LogP contribution in [0.25, 0.3) is 0 Å². The van der Waals surface area contributed by atoms with Crippen LogP contribution >= 0.6 is 23.4 Å². The smallest absolute Gasteiger partial charge is 0.0863 e. The molecule has 2 nitrogen and oxygen atoms in total. The van der Waals surface area contributed by atoms with Crippen molar-refractivity contribution in [3.63, 3.8) is 0 Å². The first-order chi connectivity index (χ1) is 8.72. The molecule has 0 heterocycles. The van der Waals surface area contributed by atoms with Crippen molar-refractivity contribution in [2.75, 3.05) is 18.1 Å². The second-order valence-electron chi connectivity index (χ2n) is 4.22. The monoisotopic (exact) mass is 288 g/mol. The second kappa shape index (κ2) is 9.68. The maximum Gasteiger partial charge on any atom is 0.0863 e. The molecular weight excluding hydrogens is 268 g/mol. The Morgan fingerprint density at radius 2 is 2.06 bits per heavy atom. The van der Waals surface area contributed by atoms with Crippen molar-refractivity contribution in [2.45, 2.75) is 32.5 Å². The Labute approximate surface area is 119 Å². The molecule has 0 aliphatic carbocycles. The van der Waals surface area contributed by atoms with E-state index in [1.807, 2.05) is 24.3 Å². The molecule has 1 unspecified atom stereocenters. The van der Waals surface area contributed by atoms with Gasteiger partial charge in [-0.2, -0.15) is 11.8 Å². The first kappa shape index (κ1) is 15.8. The van der Waals surface area contributed by atoms with E-state index in [0.29, 0.717) is 13.2 Å². The number of halogens is 1. The Bertz CT molecular complexity index is 316.